The summed E-state index contributed by atoms with van der Waals surface area (Å²) >= 11 is 0. The summed E-state index contributed by atoms with van der Waals surface area (Å²) < 4.78 is 1.48. The van der Waals surface area contributed by atoms with Crippen LogP contribution in [0.25, 0.3) is 27.9 Å². The van der Waals surface area contributed by atoms with Gasteiger partial charge in [0, 0.05) is 11.8 Å². The van der Waals surface area contributed by atoms with Crippen LogP contribution in [-0.4, -0.2) is 14.4 Å². The van der Waals surface area contributed by atoms with Crippen molar-refractivity contribution in [2.24, 2.45) is 0 Å². The molecule has 0 aliphatic rings. The van der Waals surface area contributed by atoms with Gasteiger partial charge in [-0.2, -0.15) is 0 Å². The Morgan fingerprint density at radius 3 is 2.43 bits per heavy atom. The maximum Gasteiger partial charge on any atom is 0.266 e. The first-order valence-electron chi connectivity index (χ1n) is 6.66. The van der Waals surface area contributed by atoms with Crippen LogP contribution in [0, 0.1) is 0 Å². The van der Waals surface area contributed by atoms with Crippen molar-refractivity contribution in [3.8, 4) is 11.3 Å². The van der Waals surface area contributed by atoms with E-state index >= 15 is 0 Å². The van der Waals surface area contributed by atoms with E-state index in [0.717, 1.165) is 11.3 Å². The molecule has 0 amide bonds. The highest BCUT2D eigenvalue weighted by atomic mass is 16.1. The molecule has 0 N–H and O–H groups in total. The van der Waals surface area contributed by atoms with Crippen molar-refractivity contribution in [2.75, 3.05) is 0 Å². The maximum atomic E-state index is 12.4. The summed E-state index contributed by atoms with van der Waals surface area (Å²) in [7, 11) is 0. The fourth-order valence-corrected chi connectivity index (χ4v) is 2.41. The predicted molar refractivity (Wildman–Crippen MR) is 82.2 cm³/mol. The Kier molecular flexibility index (Phi) is 2.54. The fourth-order valence-electron chi connectivity index (χ4n) is 2.41. The highest BCUT2D eigenvalue weighted by molar-refractivity contribution is 5.79. The smallest absolute Gasteiger partial charge is 0.266 e. The van der Waals surface area contributed by atoms with E-state index in [9.17, 15) is 4.79 Å². The van der Waals surface area contributed by atoms with Crippen LogP contribution in [-0.2, 0) is 0 Å². The van der Waals surface area contributed by atoms with E-state index in [1.807, 2.05) is 54.6 Å². The highest BCUT2D eigenvalue weighted by Crippen LogP contribution is 2.16. The predicted octanol–water partition coefficient (Wildman–Crippen LogP) is 2.91. The third-order valence-electron chi connectivity index (χ3n) is 3.46. The summed E-state index contributed by atoms with van der Waals surface area (Å²) in [5.41, 5.74) is 2.38. The number of hydrogen-bond acceptors (Lipinski definition) is 3. The van der Waals surface area contributed by atoms with Gasteiger partial charge in [0.25, 0.3) is 5.56 Å². The minimum absolute atomic E-state index is 0.0947. The zero-order valence-electron chi connectivity index (χ0n) is 11.1. The van der Waals surface area contributed by atoms with E-state index in [2.05, 4.69) is 9.97 Å². The Morgan fingerprint density at radius 2 is 1.57 bits per heavy atom. The SMILES string of the molecule is O=c1c2ccccc2nc2nc(-c3ccccc3)ccn12. The summed E-state index contributed by atoms with van der Waals surface area (Å²) in [5.74, 6) is 0.417. The van der Waals surface area contributed by atoms with Crippen molar-refractivity contribution in [1.82, 2.24) is 14.4 Å². The molecule has 4 aromatic rings. The molecule has 0 unspecified atom stereocenters. The van der Waals surface area contributed by atoms with Crippen molar-refractivity contribution in [1.29, 1.82) is 0 Å². The molecular weight excluding hydrogens is 262 g/mol. The number of benzene rings is 2. The van der Waals surface area contributed by atoms with Gasteiger partial charge in [-0.25, -0.2) is 9.97 Å². The zero-order chi connectivity index (χ0) is 14.2. The van der Waals surface area contributed by atoms with Crippen LogP contribution in [0.4, 0.5) is 0 Å². The second kappa shape index (κ2) is 4.52. The molecule has 0 atom stereocenters. The molecule has 2 aromatic carbocycles. The van der Waals surface area contributed by atoms with Crippen molar-refractivity contribution in [2.45, 2.75) is 0 Å². The molecule has 4 nitrogen and oxygen atoms in total. The van der Waals surface area contributed by atoms with Crippen LogP contribution >= 0.6 is 0 Å². The minimum Gasteiger partial charge on any atom is -0.268 e. The first-order chi connectivity index (χ1) is 10.3. The second-order valence-electron chi connectivity index (χ2n) is 4.78. The molecule has 100 valence electrons. The standard InChI is InChI=1S/C17H11N3O/c21-16-13-8-4-5-9-15(13)19-17-18-14(10-11-20(16)17)12-6-2-1-3-7-12/h1-11H. The topological polar surface area (TPSA) is 47.3 Å². The van der Waals surface area contributed by atoms with Gasteiger partial charge in [0.2, 0.25) is 5.78 Å². The average Bonchev–Trinajstić information content (AvgIpc) is 2.55. The molecule has 0 saturated carbocycles. The van der Waals surface area contributed by atoms with Crippen molar-refractivity contribution in [3.05, 3.63) is 77.2 Å². The lowest BCUT2D eigenvalue weighted by Gasteiger charge is -2.05. The van der Waals surface area contributed by atoms with E-state index in [4.69, 9.17) is 0 Å². The van der Waals surface area contributed by atoms with Gasteiger partial charge in [0.15, 0.2) is 0 Å². The number of aromatic nitrogens is 3. The normalized spacial score (nSPS) is 11.0. The molecule has 0 spiro atoms. The lowest BCUT2D eigenvalue weighted by atomic mass is 10.1. The Bertz CT molecular complexity index is 1010. The van der Waals surface area contributed by atoms with Gasteiger partial charge in [-0.3, -0.25) is 9.20 Å². The quantitative estimate of drug-likeness (QED) is 0.501. The van der Waals surface area contributed by atoms with Crippen LogP contribution in [0.15, 0.2) is 71.7 Å². The van der Waals surface area contributed by atoms with Gasteiger partial charge >= 0.3 is 0 Å². The molecule has 0 saturated heterocycles. The molecule has 0 fully saturated rings. The van der Waals surface area contributed by atoms with E-state index in [1.54, 1.807) is 12.3 Å². The lowest BCUT2D eigenvalue weighted by molar-refractivity contribution is 1.03. The first-order valence-corrected chi connectivity index (χ1v) is 6.66. The largest absolute Gasteiger partial charge is 0.268 e. The summed E-state index contributed by atoms with van der Waals surface area (Å²) in [6.07, 6.45) is 1.73. The van der Waals surface area contributed by atoms with E-state index in [1.165, 1.54) is 4.40 Å². The van der Waals surface area contributed by atoms with Crippen LogP contribution in [0.1, 0.15) is 0 Å². The third-order valence-corrected chi connectivity index (χ3v) is 3.46. The van der Waals surface area contributed by atoms with Crippen molar-refractivity contribution >= 4 is 16.7 Å². The summed E-state index contributed by atoms with van der Waals surface area (Å²) in [6, 6.07) is 19.0. The van der Waals surface area contributed by atoms with Gasteiger partial charge in [-0.05, 0) is 18.2 Å². The number of rotatable bonds is 1. The minimum atomic E-state index is -0.0947. The number of hydrogen-bond donors (Lipinski definition) is 0. The van der Waals surface area contributed by atoms with Crippen LogP contribution in [0.2, 0.25) is 0 Å². The Hall–Kier alpha value is -3.01. The lowest BCUT2D eigenvalue weighted by Crippen LogP contribution is -2.16. The molecule has 21 heavy (non-hydrogen) atoms. The first kappa shape index (κ1) is 11.8. The summed E-state index contributed by atoms with van der Waals surface area (Å²) in [4.78, 5) is 21.4. The summed E-state index contributed by atoms with van der Waals surface area (Å²) in [6.45, 7) is 0. The van der Waals surface area contributed by atoms with Crippen molar-refractivity contribution in [3.63, 3.8) is 0 Å². The van der Waals surface area contributed by atoms with Crippen molar-refractivity contribution < 1.29 is 0 Å². The summed E-state index contributed by atoms with van der Waals surface area (Å²) in [5, 5.41) is 0.601. The molecule has 0 bridgehead atoms. The number of nitrogens with zero attached hydrogens (tertiary/aromatic N) is 3. The third kappa shape index (κ3) is 1.89. The van der Waals surface area contributed by atoms with Gasteiger partial charge in [-0.1, -0.05) is 42.5 Å². The van der Waals surface area contributed by atoms with Crippen LogP contribution in [0.3, 0.4) is 0 Å². The fraction of sp³-hybridized carbons (Fsp3) is 0. The molecular formula is C17H11N3O. The molecule has 2 aromatic heterocycles. The van der Waals surface area contributed by atoms with E-state index in [0.29, 0.717) is 16.7 Å². The molecule has 4 rings (SSSR count). The highest BCUT2D eigenvalue weighted by Gasteiger charge is 2.07. The van der Waals surface area contributed by atoms with Crippen LogP contribution < -0.4 is 5.56 Å². The van der Waals surface area contributed by atoms with Gasteiger partial charge in [-0.15, -0.1) is 0 Å². The maximum absolute atomic E-state index is 12.4. The molecule has 0 radical (unpaired) electrons. The van der Waals surface area contributed by atoms with Gasteiger partial charge in [0.1, 0.15) is 0 Å². The average molecular weight is 273 g/mol. The van der Waals surface area contributed by atoms with E-state index < -0.39 is 0 Å². The second-order valence-corrected chi connectivity index (χ2v) is 4.78. The molecule has 0 aliphatic carbocycles. The molecule has 0 aliphatic heterocycles. The number of para-hydroxylation sites is 1. The van der Waals surface area contributed by atoms with Crippen LogP contribution in [0.5, 0.6) is 0 Å². The van der Waals surface area contributed by atoms with Gasteiger partial charge in [0.05, 0.1) is 16.6 Å². The van der Waals surface area contributed by atoms with E-state index in [-0.39, 0.29) is 5.56 Å². The Balaban J connectivity index is 2.04. The zero-order valence-corrected chi connectivity index (χ0v) is 11.1. The number of fused-ring (bicyclic) bond motifs is 2. The Labute approximate surface area is 120 Å². The Morgan fingerprint density at radius 1 is 0.810 bits per heavy atom. The molecule has 4 heteroatoms. The molecule has 2 heterocycles. The monoisotopic (exact) mass is 273 g/mol. The van der Waals surface area contributed by atoms with Gasteiger partial charge < -0.3 is 0 Å².